The van der Waals surface area contributed by atoms with Gasteiger partial charge in [-0.2, -0.15) is 5.10 Å². The molecule has 9 heteroatoms. The van der Waals surface area contributed by atoms with E-state index in [2.05, 4.69) is 10.3 Å². The second-order valence-corrected chi connectivity index (χ2v) is 6.38. The number of rotatable bonds is 4. The molecule has 146 valence electrons. The molecule has 0 unspecified atom stereocenters. The first-order valence-corrected chi connectivity index (χ1v) is 8.70. The van der Waals surface area contributed by atoms with E-state index in [0.717, 1.165) is 0 Å². The Morgan fingerprint density at radius 1 is 1.21 bits per heavy atom. The van der Waals surface area contributed by atoms with Gasteiger partial charge in [-0.15, -0.1) is 0 Å². The van der Waals surface area contributed by atoms with Gasteiger partial charge in [0.05, 0.1) is 35.1 Å². The van der Waals surface area contributed by atoms with Crippen molar-refractivity contribution < 1.29 is 22.8 Å². The number of aromatic nitrogens is 3. The number of halogens is 3. The third-order valence-corrected chi connectivity index (χ3v) is 4.51. The third kappa shape index (κ3) is 3.38. The maximum absolute atomic E-state index is 14.4. The summed E-state index contributed by atoms with van der Waals surface area (Å²) in [6.45, 7) is 0. The van der Waals surface area contributed by atoms with Crippen molar-refractivity contribution in [2.24, 2.45) is 0 Å². The van der Waals surface area contributed by atoms with Crippen LogP contribution >= 0.6 is 11.6 Å². The monoisotopic (exact) mass is 415 g/mol. The molecule has 0 radical (unpaired) electrons. The van der Waals surface area contributed by atoms with Gasteiger partial charge in [0.2, 0.25) is 0 Å². The quantitative estimate of drug-likeness (QED) is 0.443. The molecule has 6 nitrogen and oxygen atoms in total. The molecule has 0 bridgehead atoms. The van der Waals surface area contributed by atoms with Crippen molar-refractivity contribution in [3.63, 3.8) is 0 Å². The molecule has 0 aliphatic rings. The summed E-state index contributed by atoms with van der Waals surface area (Å²) in [4.78, 5) is 12.4. The minimum Gasteiger partial charge on any atom is -0.465 e. The minimum absolute atomic E-state index is 0.0221. The topological polar surface area (TPSA) is 70.2 Å². The van der Waals surface area contributed by atoms with Crippen LogP contribution in [0.4, 0.5) is 8.78 Å². The van der Waals surface area contributed by atoms with Gasteiger partial charge in [0, 0.05) is 6.20 Å². The molecule has 2 aromatic heterocycles. The summed E-state index contributed by atoms with van der Waals surface area (Å²) in [5, 5.41) is 8.07. The average Bonchev–Trinajstić information content (AvgIpc) is 3.34. The van der Waals surface area contributed by atoms with Gasteiger partial charge in [-0.05, 0) is 30.3 Å². The van der Waals surface area contributed by atoms with Gasteiger partial charge in [-0.25, -0.2) is 18.3 Å². The molecule has 0 saturated heterocycles. The molecular weight excluding hydrogens is 404 g/mol. The van der Waals surface area contributed by atoms with Gasteiger partial charge in [-0.1, -0.05) is 28.9 Å². The van der Waals surface area contributed by atoms with Crippen LogP contribution in [0.3, 0.4) is 0 Å². The fraction of sp³-hybridized carbons (Fsp3) is 0.0500. The molecule has 0 aliphatic heterocycles. The predicted octanol–water partition coefficient (Wildman–Crippen LogP) is 4.91. The second kappa shape index (κ2) is 7.48. The Kier molecular flexibility index (Phi) is 4.85. The van der Waals surface area contributed by atoms with Crippen molar-refractivity contribution in [1.82, 2.24) is 14.9 Å². The van der Waals surface area contributed by atoms with E-state index in [-0.39, 0.29) is 27.6 Å². The van der Waals surface area contributed by atoms with Gasteiger partial charge >= 0.3 is 5.97 Å². The number of hydrogen-bond acceptors (Lipinski definition) is 5. The molecule has 2 aromatic carbocycles. The highest BCUT2D eigenvalue weighted by Crippen LogP contribution is 2.37. The Balaban J connectivity index is 1.86. The molecule has 29 heavy (non-hydrogen) atoms. The van der Waals surface area contributed by atoms with E-state index in [1.165, 1.54) is 54.5 Å². The van der Waals surface area contributed by atoms with Crippen LogP contribution in [0.5, 0.6) is 0 Å². The van der Waals surface area contributed by atoms with Crippen LogP contribution in [0.15, 0.2) is 59.4 Å². The Bertz CT molecular complexity index is 1200. The average molecular weight is 416 g/mol. The number of carbonyl (C=O) groups excluding carboxylic acids is 1. The number of carbonyl (C=O) groups is 1. The fourth-order valence-corrected chi connectivity index (χ4v) is 3.13. The number of ether oxygens (including phenoxy) is 1. The van der Waals surface area contributed by atoms with Crippen molar-refractivity contribution in [2.75, 3.05) is 7.11 Å². The lowest BCUT2D eigenvalue weighted by molar-refractivity contribution is 0.0602. The fourth-order valence-electron chi connectivity index (χ4n) is 2.87. The van der Waals surface area contributed by atoms with E-state index in [1.807, 2.05) is 0 Å². The van der Waals surface area contributed by atoms with E-state index >= 15 is 0 Å². The lowest BCUT2D eigenvalue weighted by Gasteiger charge is -2.05. The molecule has 0 aliphatic carbocycles. The largest absolute Gasteiger partial charge is 0.465 e. The lowest BCUT2D eigenvalue weighted by Crippen LogP contribution is -2.04. The summed E-state index contributed by atoms with van der Waals surface area (Å²) >= 11 is 6.11. The molecular formula is C20H12ClF2N3O3. The summed E-state index contributed by atoms with van der Waals surface area (Å²) in [6.07, 6.45) is 2.93. The number of methoxy groups -OCH3 is 1. The summed E-state index contributed by atoms with van der Waals surface area (Å²) in [5.41, 5.74) is 0.558. The van der Waals surface area contributed by atoms with Gasteiger partial charge < -0.3 is 9.26 Å². The molecule has 0 spiro atoms. The molecule has 4 aromatic rings. The van der Waals surface area contributed by atoms with E-state index < -0.39 is 17.6 Å². The van der Waals surface area contributed by atoms with Crippen LogP contribution < -0.4 is 0 Å². The first-order chi connectivity index (χ1) is 14.0. The van der Waals surface area contributed by atoms with Crippen LogP contribution in [-0.4, -0.2) is 28.0 Å². The zero-order valence-corrected chi connectivity index (χ0v) is 15.7. The van der Waals surface area contributed by atoms with E-state index in [0.29, 0.717) is 11.3 Å². The standard InChI is InChI=1S/C20H12ClF2N3O3/c1-28-20(27)17-18(16-14(21)6-3-7-15(16)23)25-29-19(17)11-9-24-26(10-11)13-5-2-4-12(22)8-13/h2-10H,1H3. The van der Waals surface area contributed by atoms with E-state index in [9.17, 15) is 13.6 Å². The van der Waals surface area contributed by atoms with Crippen molar-refractivity contribution in [2.45, 2.75) is 0 Å². The van der Waals surface area contributed by atoms with Crippen LogP contribution in [0.1, 0.15) is 10.4 Å². The van der Waals surface area contributed by atoms with E-state index in [1.54, 1.807) is 12.1 Å². The maximum atomic E-state index is 14.4. The molecule has 0 amide bonds. The smallest absolute Gasteiger partial charge is 0.344 e. The maximum Gasteiger partial charge on any atom is 0.344 e. The minimum atomic E-state index is -0.783. The Morgan fingerprint density at radius 3 is 2.72 bits per heavy atom. The summed E-state index contributed by atoms with van der Waals surface area (Å²) in [5.74, 6) is -1.85. The predicted molar refractivity (Wildman–Crippen MR) is 101 cm³/mol. The number of esters is 1. The molecule has 0 fully saturated rings. The van der Waals surface area contributed by atoms with E-state index in [4.69, 9.17) is 20.9 Å². The zero-order chi connectivity index (χ0) is 20.5. The van der Waals surface area contributed by atoms with Gasteiger partial charge in [0.15, 0.2) is 5.76 Å². The SMILES string of the molecule is COC(=O)c1c(-c2c(F)cccc2Cl)noc1-c1cnn(-c2cccc(F)c2)c1. The number of hydrogen-bond donors (Lipinski definition) is 0. The summed E-state index contributed by atoms with van der Waals surface area (Å²) in [6, 6.07) is 9.90. The van der Waals surface area contributed by atoms with Crippen LogP contribution in [0, 0.1) is 11.6 Å². The zero-order valence-electron chi connectivity index (χ0n) is 14.9. The highest BCUT2D eigenvalue weighted by molar-refractivity contribution is 6.33. The van der Waals surface area contributed by atoms with Crippen LogP contribution in [-0.2, 0) is 4.74 Å². The Morgan fingerprint density at radius 2 is 2.00 bits per heavy atom. The van der Waals surface area contributed by atoms with Crippen molar-refractivity contribution in [3.8, 4) is 28.3 Å². The Hall–Kier alpha value is -3.52. The normalized spacial score (nSPS) is 10.9. The highest BCUT2D eigenvalue weighted by Gasteiger charge is 2.29. The molecule has 0 N–H and O–H groups in total. The van der Waals surface area contributed by atoms with Gasteiger partial charge in [-0.3, -0.25) is 0 Å². The third-order valence-electron chi connectivity index (χ3n) is 4.20. The second-order valence-electron chi connectivity index (χ2n) is 5.98. The van der Waals surface area contributed by atoms with Crippen molar-refractivity contribution >= 4 is 17.6 Å². The van der Waals surface area contributed by atoms with Gasteiger partial charge in [0.1, 0.15) is 22.9 Å². The van der Waals surface area contributed by atoms with Crippen LogP contribution in [0.2, 0.25) is 5.02 Å². The summed E-state index contributed by atoms with van der Waals surface area (Å²) < 4.78 is 39.4. The van der Waals surface area contributed by atoms with Gasteiger partial charge in [0.25, 0.3) is 0 Å². The first-order valence-electron chi connectivity index (χ1n) is 8.33. The van der Waals surface area contributed by atoms with Crippen molar-refractivity contribution in [3.05, 3.63) is 77.1 Å². The summed E-state index contributed by atoms with van der Waals surface area (Å²) in [7, 11) is 1.18. The van der Waals surface area contributed by atoms with Crippen molar-refractivity contribution in [1.29, 1.82) is 0 Å². The van der Waals surface area contributed by atoms with Crippen LogP contribution in [0.25, 0.3) is 28.3 Å². The highest BCUT2D eigenvalue weighted by atomic mass is 35.5. The molecule has 2 heterocycles. The molecule has 0 atom stereocenters. The lowest BCUT2D eigenvalue weighted by atomic mass is 10.0. The molecule has 0 saturated carbocycles. The first kappa shape index (κ1) is 18.8. The number of nitrogens with zero attached hydrogens (tertiary/aromatic N) is 3. The Labute approximate surface area is 168 Å². The number of benzene rings is 2. The molecule has 4 rings (SSSR count).